The van der Waals surface area contributed by atoms with E-state index in [1.165, 1.54) is 25.4 Å². The van der Waals surface area contributed by atoms with E-state index in [-0.39, 0.29) is 17.8 Å². The fraction of sp³-hybridized carbons (Fsp3) is 0.235. The minimum absolute atomic E-state index is 0.00396. The van der Waals surface area contributed by atoms with Crippen molar-refractivity contribution in [1.82, 2.24) is 9.88 Å². The number of pyridine rings is 1. The zero-order valence-corrected chi connectivity index (χ0v) is 12.9. The highest BCUT2D eigenvalue weighted by molar-refractivity contribution is 6.21. The molecule has 2 heterocycles. The smallest absolute Gasteiger partial charge is 0.303 e. The molecule has 1 amide bonds. The first-order chi connectivity index (χ1) is 11.2. The first kappa shape index (κ1) is 16.2. The van der Waals surface area contributed by atoms with E-state index in [2.05, 4.69) is 4.98 Å². The molecule has 0 fully saturated rings. The first-order valence-corrected chi connectivity index (χ1v) is 7.18. The van der Waals surface area contributed by atoms with Crippen molar-refractivity contribution in [1.29, 1.82) is 0 Å². The number of Topliss-reactive ketones (excluding diaryl/α,β-unsaturated/α-hetero) is 1. The van der Waals surface area contributed by atoms with Crippen molar-refractivity contribution in [2.45, 2.75) is 26.6 Å². The summed E-state index contributed by atoms with van der Waals surface area (Å²) in [7, 11) is 0. The third-order valence-corrected chi connectivity index (χ3v) is 4.12. The van der Waals surface area contributed by atoms with Crippen LogP contribution in [0.15, 0.2) is 58.6 Å². The molecule has 0 saturated carbocycles. The Balaban J connectivity index is 2.14. The van der Waals surface area contributed by atoms with Crippen LogP contribution in [0.2, 0.25) is 0 Å². The average Bonchev–Trinajstić information content (AvgIpc) is 2.79. The standard InChI is InChI=1S/C17H13F3N2O2/c1-9-6-12-13(15(23)10(9)2)14(17(18,19)20)16(24)22(12)8-11-4-3-5-21-7-11/h3-7H,8H2,1-2H3. The van der Waals surface area contributed by atoms with E-state index in [4.69, 9.17) is 0 Å². The minimum Gasteiger partial charge on any atom is -0.303 e. The summed E-state index contributed by atoms with van der Waals surface area (Å²) in [6, 6.07) is 3.29. The number of fused-ring (bicyclic) bond motifs is 1. The first-order valence-electron chi connectivity index (χ1n) is 7.18. The molecule has 3 rings (SSSR count). The summed E-state index contributed by atoms with van der Waals surface area (Å²) >= 11 is 0. The molecule has 1 aliphatic heterocycles. The zero-order valence-electron chi connectivity index (χ0n) is 12.9. The molecule has 0 N–H and O–H groups in total. The molecule has 0 spiro atoms. The Labute approximate surface area is 136 Å². The van der Waals surface area contributed by atoms with Crippen molar-refractivity contribution in [2.24, 2.45) is 0 Å². The summed E-state index contributed by atoms with van der Waals surface area (Å²) < 4.78 is 40.1. The van der Waals surface area contributed by atoms with Gasteiger partial charge in [-0.1, -0.05) is 6.07 Å². The Morgan fingerprint density at radius 1 is 1.21 bits per heavy atom. The monoisotopic (exact) mass is 334 g/mol. The lowest BCUT2D eigenvalue weighted by atomic mass is 9.90. The molecule has 2 aliphatic rings. The van der Waals surface area contributed by atoms with E-state index in [9.17, 15) is 22.8 Å². The van der Waals surface area contributed by atoms with E-state index in [1.54, 1.807) is 19.1 Å². The molecular formula is C17H13F3N2O2. The van der Waals surface area contributed by atoms with Gasteiger partial charge in [0, 0.05) is 18.0 Å². The summed E-state index contributed by atoms with van der Waals surface area (Å²) in [5, 5.41) is 0. The largest absolute Gasteiger partial charge is 0.422 e. The highest BCUT2D eigenvalue weighted by Gasteiger charge is 2.52. The molecule has 1 aromatic rings. The summed E-state index contributed by atoms with van der Waals surface area (Å²) in [6.45, 7) is 3.01. The van der Waals surface area contributed by atoms with Gasteiger partial charge >= 0.3 is 6.18 Å². The molecule has 4 nitrogen and oxygen atoms in total. The Kier molecular flexibility index (Phi) is 3.66. The van der Waals surface area contributed by atoms with Crippen molar-refractivity contribution >= 4 is 11.7 Å². The number of carbonyl (C=O) groups excluding carboxylic acids is 2. The van der Waals surface area contributed by atoms with Gasteiger partial charge in [0.25, 0.3) is 5.91 Å². The van der Waals surface area contributed by atoms with E-state index < -0.39 is 29.0 Å². The lowest BCUT2D eigenvalue weighted by Gasteiger charge is -2.22. The van der Waals surface area contributed by atoms with Crippen molar-refractivity contribution in [3.8, 4) is 0 Å². The lowest BCUT2D eigenvalue weighted by molar-refractivity contribution is -0.136. The predicted octanol–water partition coefficient (Wildman–Crippen LogP) is 3.09. The minimum atomic E-state index is -4.89. The number of carbonyl (C=O) groups is 2. The van der Waals surface area contributed by atoms with Gasteiger partial charge in [0.2, 0.25) is 0 Å². The van der Waals surface area contributed by atoms with Crippen LogP contribution in [0.25, 0.3) is 0 Å². The number of rotatable bonds is 2. The maximum atomic E-state index is 13.4. The van der Waals surface area contributed by atoms with Crippen LogP contribution in [0.3, 0.4) is 0 Å². The van der Waals surface area contributed by atoms with Gasteiger partial charge in [-0.25, -0.2) is 0 Å². The van der Waals surface area contributed by atoms with Gasteiger partial charge in [0.05, 0.1) is 17.8 Å². The van der Waals surface area contributed by atoms with Crippen LogP contribution in [-0.4, -0.2) is 27.8 Å². The normalized spacial score (nSPS) is 18.4. The molecule has 0 bridgehead atoms. The molecule has 1 aromatic heterocycles. The molecule has 1 aliphatic carbocycles. The second-order valence-electron chi connectivity index (χ2n) is 5.67. The Bertz CT molecular complexity index is 833. The summed E-state index contributed by atoms with van der Waals surface area (Å²) in [5.41, 5.74) is -0.609. The molecule has 0 atom stereocenters. The fourth-order valence-electron chi connectivity index (χ4n) is 2.77. The number of amides is 1. The van der Waals surface area contributed by atoms with E-state index >= 15 is 0 Å². The topological polar surface area (TPSA) is 50.3 Å². The van der Waals surface area contributed by atoms with Gasteiger partial charge in [-0.2, -0.15) is 13.2 Å². The van der Waals surface area contributed by atoms with Crippen molar-refractivity contribution < 1.29 is 22.8 Å². The number of aromatic nitrogens is 1. The maximum absolute atomic E-state index is 13.4. The highest BCUT2D eigenvalue weighted by atomic mass is 19.4. The molecule has 0 aromatic carbocycles. The summed E-state index contributed by atoms with van der Waals surface area (Å²) in [6.07, 6.45) is -0.438. The molecule has 7 heteroatoms. The number of hydrogen-bond donors (Lipinski definition) is 0. The van der Waals surface area contributed by atoms with Crippen LogP contribution >= 0.6 is 0 Å². The fourth-order valence-corrected chi connectivity index (χ4v) is 2.77. The molecule has 24 heavy (non-hydrogen) atoms. The van der Waals surface area contributed by atoms with Gasteiger partial charge in [-0.3, -0.25) is 14.6 Å². The van der Waals surface area contributed by atoms with Crippen molar-refractivity contribution in [3.63, 3.8) is 0 Å². The van der Waals surface area contributed by atoms with Gasteiger partial charge in [-0.15, -0.1) is 0 Å². The molecule has 124 valence electrons. The third kappa shape index (κ3) is 2.46. The molecular weight excluding hydrogens is 321 g/mol. The van der Waals surface area contributed by atoms with Crippen LogP contribution in [0.4, 0.5) is 13.2 Å². The Morgan fingerprint density at radius 3 is 2.50 bits per heavy atom. The average molecular weight is 334 g/mol. The lowest BCUT2D eigenvalue weighted by Crippen LogP contribution is -2.29. The number of allylic oxidation sites excluding steroid dienone is 4. The second-order valence-corrected chi connectivity index (χ2v) is 5.67. The van der Waals surface area contributed by atoms with Crippen molar-refractivity contribution in [3.05, 3.63) is 64.2 Å². The van der Waals surface area contributed by atoms with Crippen LogP contribution in [-0.2, 0) is 16.1 Å². The molecule has 0 saturated heterocycles. The highest BCUT2D eigenvalue weighted by Crippen LogP contribution is 2.43. The van der Waals surface area contributed by atoms with Gasteiger partial charge < -0.3 is 4.90 Å². The molecule has 0 unspecified atom stereocenters. The summed E-state index contributed by atoms with van der Waals surface area (Å²) in [5.74, 6) is -1.96. The van der Waals surface area contributed by atoms with Crippen LogP contribution in [0.5, 0.6) is 0 Å². The number of alkyl halides is 3. The Hall–Kier alpha value is -2.70. The number of hydrogen-bond acceptors (Lipinski definition) is 3. The maximum Gasteiger partial charge on any atom is 0.422 e. The SMILES string of the molecule is CC1=C(C)C(=O)C2=C(C(F)(F)F)C(=O)N(Cc3cccnc3)C2=C1. The van der Waals surface area contributed by atoms with E-state index in [0.717, 1.165) is 4.90 Å². The van der Waals surface area contributed by atoms with Crippen LogP contribution in [0, 0.1) is 0 Å². The Morgan fingerprint density at radius 2 is 1.92 bits per heavy atom. The quantitative estimate of drug-likeness (QED) is 0.835. The van der Waals surface area contributed by atoms with E-state index in [1.807, 2.05) is 0 Å². The van der Waals surface area contributed by atoms with Gasteiger partial charge in [-0.05, 0) is 37.1 Å². The van der Waals surface area contributed by atoms with Gasteiger partial charge in [0.15, 0.2) is 5.78 Å². The second kappa shape index (κ2) is 5.43. The van der Waals surface area contributed by atoms with E-state index in [0.29, 0.717) is 11.1 Å². The zero-order chi connectivity index (χ0) is 17.6. The molecule has 0 radical (unpaired) electrons. The number of halogens is 3. The number of ketones is 1. The number of nitrogens with zero attached hydrogens (tertiary/aromatic N) is 2. The predicted molar refractivity (Wildman–Crippen MR) is 79.3 cm³/mol. The van der Waals surface area contributed by atoms with Crippen molar-refractivity contribution in [2.75, 3.05) is 0 Å². The van der Waals surface area contributed by atoms with Gasteiger partial charge in [0.1, 0.15) is 5.57 Å². The third-order valence-electron chi connectivity index (χ3n) is 4.12. The van der Waals surface area contributed by atoms with Crippen LogP contribution in [0.1, 0.15) is 19.4 Å². The van der Waals surface area contributed by atoms with Crippen LogP contribution < -0.4 is 0 Å². The summed E-state index contributed by atoms with van der Waals surface area (Å²) in [4.78, 5) is 29.7.